The number of pyridine rings is 1. The maximum atomic E-state index is 5.87. The molecule has 0 fully saturated rings. The van der Waals surface area contributed by atoms with Crippen molar-refractivity contribution in [3.63, 3.8) is 0 Å². The average molecular weight is 256 g/mol. The molecule has 0 unspecified atom stereocenters. The summed E-state index contributed by atoms with van der Waals surface area (Å²) < 4.78 is 6.95. The number of hydrogen-bond donors (Lipinski definition) is 1. The van der Waals surface area contributed by atoms with Crippen molar-refractivity contribution in [2.75, 3.05) is 5.73 Å². The van der Waals surface area contributed by atoms with Crippen LogP contribution in [0.5, 0.6) is 11.5 Å². The second-order valence-corrected chi connectivity index (χ2v) is 5.31. The number of nitrogen functional groups attached to an aromatic ring is 1. The number of ether oxygens (including phenoxy) is 1. The predicted octanol–water partition coefficient (Wildman–Crippen LogP) is 3.98. The van der Waals surface area contributed by atoms with Crippen molar-refractivity contribution in [2.24, 2.45) is 0 Å². The minimum Gasteiger partial charge on any atom is -0.456 e. The van der Waals surface area contributed by atoms with Gasteiger partial charge < -0.3 is 10.5 Å². The van der Waals surface area contributed by atoms with Gasteiger partial charge in [0.05, 0.1) is 10.2 Å². The molecule has 3 nitrogen and oxygen atoms in total. The molecule has 0 aliphatic carbocycles. The molecule has 3 rings (SSSR count). The third kappa shape index (κ3) is 2.02. The molecule has 2 aromatic heterocycles. The number of nitrogens with zero attached hydrogens (tertiary/aromatic N) is 1. The average Bonchev–Trinajstić information content (AvgIpc) is 2.73. The summed E-state index contributed by atoms with van der Waals surface area (Å²) in [7, 11) is 0. The maximum absolute atomic E-state index is 5.87. The lowest BCUT2D eigenvalue weighted by molar-refractivity contribution is 0.489. The zero-order valence-electron chi connectivity index (χ0n) is 9.88. The van der Waals surface area contributed by atoms with Gasteiger partial charge in [-0.1, -0.05) is 0 Å². The maximum Gasteiger partial charge on any atom is 0.148 e. The largest absolute Gasteiger partial charge is 0.456 e. The lowest BCUT2D eigenvalue weighted by Gasteiger charge is -2.06. The van der Waals surface area contributed by atoms with E-state index in [0.717, 1.165) is 27.4 Å². The molecule has 0 saturated heterocycles. The normalized spacial score (nSPS) is 10.7. The lowest BCUT2D eigenvalue weighted by atomic mass is 10.3. The molecule has 2 heterocycles. The molecule has 4 heteroatoms. The van der Waals surface area contributed by atoms with Crippen LogP contribution in [0.1, 0.15) is 4.88 Å². The molecule has 3 aromatic rings. The fourth-order valence-electron chi connectivity index (χ4n) is 1.78. The molecule has 0 saturated carbocycles. The van der Waals surface area contributed by atoms with Crippen molar-refractivity contribution in [1.29, 1.82) is 0 Å². The Hall–Kier alpha value is -2.07. The van der Waals surface area contributed by atoms with E-state index in [9.17, 15) is 0 Å². The van der Waals surface area contributed by atoms with Crippen molar-refractivity contribution in [1.82, 2.24) is 4.98 Å². The summed E-state index contributed by atoms with van der Waals surface area (Å²) in [5, 5.41) is 0. The van der Waals surface area contributed by atoms with E-state index in [2.05, 4.69) is 18.0 Å². The summed E-state index contributed by atoms with van der Waals surface area (Å²) in [5.41, 5.74) is 7.36. The van der Waals surface area contributed by atoms with Crippen LogP contribution in [0.2, 0.25) is 0 Å². The smallest absolute Gasteiger partial charge is 0.148 e. The van der Waals surface area contributed by atoms with E-state index < -0.39 is 0 Å². The topological polar surface area (TPSA) is 48.1 Å². The van der Waals surface area contributed by atoms with Crippen LogP contribution < -0.4 is 10.5 Å². The molecular weight excluding hydrogens is 244 g/mol. The Morgan fingerprint density at radius 2 is 1.94 bits per heavy atom. The highest BCUT2D eigenvalue weighted by molar-refractivity contribution is 7.19. The molecule has 2 N–H and O–H groups in total. The van der Waals surface area contributed by atoms with E-state index >= 15 is 0 Å². The summed E-state index contributed by atoms with van der Waals surface area (Å²) in [6.07, 6.45) is 1.77. The van der Waals surface area contributed by atoms with E-state index in [0.29, 0.717) is 0 Å². The second-order valence-electron chi connectivity index (χ2n) is 4.05. The first-order chi connectivity index (χ1) is 8.72. The van der Waals surface area contributed by atoms with Crippen LogP contribution in [0, 0.1) is 6.92 Å². The second kappa shape index (κ2) is 4.31. The van der Waals surface area contributed by atoms with Crippen LogP contribution in [0.3, 0.4) is 0 Å². The van der Waals surface area contributed by atoms with Gasteiger partial charge in [-0.05, 0) is 37.3 Å². The van der Waals surface area contributed by atoms with Gasteiger partial charge in [-0.15, -0.1) is 11.3 Å². The highest BCUT2D eigenvalue weighted by Crippen LogP contribution is 2.34. The summed E-state index contributed by atoms with van der Waals surface area (Å²) >= 11 is 1.69. The van der Waals surface area contributed by atoms with Crippen LogP contribution in [0.25, 0.3) is 10.2 Å². The van der Waals surface area contributed by atoms with E-state index in [1.165, 1.54) is 4.88 Å². The molecule has 0 spiro atoms. The number of rotatable bonds is 2. The lowest BCUT2D eigenvalue weighted by Crippen LogP contribution is -1.87. The quantitative estimate of drug-likeness (QED) is 0.705. The van der Waals surface area contributed by atoms with E-state index in [1.54, 1.807) is 17.5 Å². The first-order valence-corrected chi connectivity index (χ1v) is 6.42. The summed E-state index contributed by atoms with van der Waals surface area (Å²) in [6.45, 7) is 2.07. The Balaban J connectivity index is 2.01. The highest BCUT2D eigenvalue weighted by Gasteiger charge is 2.07. The van der Waals surface area contributed by atoms with Gasteiger partial charge in [0.2, 0.25) is 0 Å². The van der Waals surface area contributed by atoms with Crippen LogP contribution in [0.15, 0.2) is 42.6 Å². The molecule has 0 bridgehead atoms. The number of fused-ring (bicyclic) bond motifs is 1. The first-order valence-electron chi connectivity index (χ1n) is 5.61. The number of nitrogens with two attached hydrogens (primary N) is 1. The number of benzene rings is 1. The highest BCUT2D eigenvalue weighted by atomic mass is 32.1. The molecule has 0 aliphatic heterocycles. The molecule has 18 heavy (non-hydrogen) atoms. The van der Waals surface area contributed by atoms with Crippen molar-refractivity contribution in [3.8, 4) is 11.5 Å². The predicted molar refractivity (Wildman–Crippen MR) is 75.3 cm³/mol. The van der Waals surface area contributed by atoms with Crippen LogP contribution in [-0.4, -0.2) is 4.98 Å². The Kier molecular flexibility index (Phi) is 2.64. The Bertz CT molecular complexity index is 689. The Morgan fingerprint density at radius 1 is 1.17 bits per heavy atom. The Labute approximate surface area is 109 Å². The van der Waals surface area contributed by atoms with Crippen LogP contribution in [-0.2, 0) is 0 Å². The van der Waals surface area contributed by atoms with Crippen molar-refractivity contribution >= 4 is 27.2 Å². The minimum absolute atomic E-state index is 0.731. The third-order valence-corrected chi connectivity index (χ3v) is 3.66. The molecule has 0 radical (unpaired) electrons. The summed E-state index contributed by atoms with van der Waals surface area (Å²) in [6, 6.07) is 11.3. The molecule has 1 aromatic carbocycles. The molecular formula is C14H12N2OS. The Morgan fingerprint density at radius 3 is 2.72 bits per heavy atom. The molecule has 0 aliphatic rings. The monoisotopic (exact) mass is 256 g/mol. The van der Waals surface area contributed by atoms with Crippen LogP contribution >= 0.6 is 11.3 Å². The van der Waals surface area contributed by atoms with Crippen molar-refractivity contribution < 1.29 is 4.74 Å². The van der Waals surface area contributed by atoms with Crippen molar-refractivity contribution in [3.05, 3.63) is 47.5 Å². The van der Waals surface area contributed by atoms with E-state index in [-0.39, 0.29) is 0 Å². The van der Waals surface area contributed by atoms with Gasteiger partial charge in [-0.2, -0.15) is 0 Å². The number of aryl methyl sites for hydroxylation is 1. The zero-order chi connectivity index (χ0) is 12.5. The first kappa shape index (κ1) is 11.0. The van der Waals surface area contributed by atoms with E-state index in [4.69, 9.17) is 10.5 Å². The number of thiophene rings is 1. The third-order valence-electron chi connectivity index (χ3n) is 2.61. The SMILES string of the molecule is Cc1cc2nccc(Oc3ccc(N)cc3)c2s1. The van der Waals surface area contributed by atoms with Gasteiger partial charge in [0.15, 0.2) is 0 Å². The number of aromatic nitrogens is 1. The van der Waals surface area contributed by atoms with Gasteiger partial charge in [-0.25, -0.2) is 0 Å². The fraction of sp³-hybridized carbons (Fsp3) is 0.0714. The van der Waals surface area contributed by atoms with Crippen LogP contribution in [0.4, 0.5) is 5.69 Å². The van der Waals surface area contributed by atoms with E-state index in [1.807, 2.05) is 30.3 Å². The molecule has 0 atom stereocenters. The molecule has 0 amide bonds. The van der Waals surface area contributed by atoms with Gasteiger partial charge in [0.25, 0.3) is 0 Å². The zero-order valence-corrected chi connectivity index (χ0v) is 10.7. The summed E-state index contributed by atoms with van der Waals surface area (Å²) in [5.74, 6) is 1.62. The number of hydrogen-bond acceptors (Lipinski definition) is 4. The number of anilines is 1. The van der Waals surface area contributed by atoms with Gasteiger partial charge in [0.1, 0.15) is 11.5 Å². The van der Waals surface area contributed by atoms with Gasteiger partial charge in [0, 0.05) is 22.8 Å². The minimum atomic E-state index is 0.731. The van der Waals surface area contributed by atoms with Crippen molar-refractivity contribution in [2.45, 2.75) is 6.92 Å². The molecule has 90 valence electrons. The summed E-state index contributed by atoms with van der Waals surface area (Å²) in [4.78, 5) is 5.56. The van der Waals surface area contributed by atoms with Gasteiger partial charge in [-0.3, -0.25) is 4.98 Å². The standard InChI is InChI=1S/C14H12N2OS/c1-9-8-12-14(18-9)13(6-7-16-12)17-11-4-2-10(15)3-5-11/h2-8H,15H2,1H3. The fourth-order valence-corrected chi connectivity index (χ4v) is 2.70. The van der Waals surface area contributed by atoms with Gasteiger partial charge >= 0.3 is 0 Å².